The molecule has 1 fully saturated rings. The highest BCUT2D eigenvalue weighted by molar-refractivity contribution is 7.89. The number of esters is 1. The maximum Gasteiger partial charge on any atom is 0.338 e. The summed E-state index contributed by atoms with van der Waals surface area (Å²) in [6.45, 7) is 2.19. The van der Waals surface area contributed by atoms with Crippen LogP contribution in [0, 0.1) is 6.92 Å². The van der Waals surface area contributed by atoms with Crippen LogP contribution >= 0.6 is 0 Å². The largest absolute Gasteiger partial charge is 0.480 e. The standard InChI is InChI=1S/C18H26N2O6S/c1-13-15(18(23)26-3)7-4-8-16(13)27(24,25)20-10-5-6-14(9-11-20)19(2)12-17(21)22/h4,7-8,14H,5-6,9-12H2,1-3H3,(H,21,22). The Kier molecular flexibility index (Phi) is 6.96. The van der Waals surface area contributed by atoms with Gasteiger partial charge in [0.1, 0.15) is 0 Å². The number of likely N-dealkylation sites (N-methyl/N-ethyl adjacent to an activating group) is 1. The van der Waals surface area contributed by atoms with Gasteiger partial charge in [-0.25, -0.2) is 13.2 Å². The number of carbonyl (C=O) groups is 2. The van der Waals surface area contributed by atoms with Crippen molar-refractivity contribution in [3.63, 3.8) is 0 Å². The van der Waals surface area contributed by atoms with Crippen molar-refractivity contribution in [1.29, 1.82) is 0 Å². The summed E-state index contributed by atoms with van der Waals surface area (Å²) in [5.74, 6) is -1.47. The molecular formula is C18H26N2O6S. The summed E-state index contributed by atoms with van der Waals surface area (Å²) in [6.07, 6.45) is 1.93. The van der Waals surface area contributed by atoms with Crippen LogP contribution < -0.4 is 0 Å². The predicted octanol–water partition coefficient (Wildman–Crippen LogP) is 1.34. The van der Waals surface area contributed by atoms with E-state index in [2.05, 4.69) is 0 Å². The van der Waals surface area contributed by atoms with Crippen molar-refractivity contribution >= 4 is 22.0 Å². The lowest BCUT2D eigenvalue weighted by Gasteiger charge is -2.25. The number of carboxylic acid groups (broad SMARTS) is 1. The van der Waals surface area contributed by atoms with Gasteiger partial charge in [0.05, 0.1) is 24.1 Å². The van der Waals surface area contributed by atoms with Crippen LogP contribution in [0.4, 0.5) is 0 Å². The molecule has 0 aliphatic carbocycles. The van der Waals surface area contributed by atoms with Crippen LogP contribution in [-0.2, 0) is 19.6 Å². The Morgan fingerprint density at radius 1 is 1.30 bits per heavy atom. The fourth-order valence-electron chi connectivity index (χ4n) is 3.44. The van der Waals surface area contributed by atoms with Crippen LogP contribution in [0.3, 0.4) is 0 Å². The number of carbonyl (C=O) groups excluding carboxylic acids is 1. The highest BCUT2D eigenvalue weighted by atomic mass is 32.2. The molecular weight excluding hydrogens is 372 g/mol. The Labute approximate surface area is 159 Å². The average Bonchev–Trinajstić information content (AvgIpc) is 2.87. The van der Waals surface area contributed by atoms with Crippen LogP contribution in [-0.4, -0.2) is 74.5 Å². The normalized spacial score (nSPS) is 18.9. The molecule has 0 aromatic heterocycles. The van der Waals surface area contributed by atoms with Gasteiger partial charge in [0.15, 0.2) is 0 Å². The van der Waals surface area contributed by atoms with E-state index in [1.807, 2.05) is 0 Å². The van der Waals surface area contributed by atoms with E-state index in [1.165, 1.54) is 23.5 Å². The molecule has 0 bridgehead atoms. The molecule has 0 radical (unpaired) electrons. The minimum atomic E-state index is -3.76. The van der Waals surface area contributed by atoms with E-state index < -0.39 is 22.0 Å². The zero-order valence-electron chi connectivity index (χ0n) is 15.8. The van der Waals surface area contributed by atoms with Crippen molar-refractivity contribution in [2.24, 2.45) is 0 Å². The molecule has 1 atom stereocenters. The SMILES string of the molecule is COC(=O)c1cccc(S(=O)(=O)N2CCCC(N(C)CC(=O)O)CC2)c1C. The quantitative estimate of drug-likeness (QED) is 0.721. The van der Waals surface area contributed by atoms with E-state index in [0.717, 1.165) is 6.42 Å². The fraction of sp³-hybridized carbons (Fsp3) is 0.556. The van der Waals surface area contributed by atoms with Gasteiger partial charge >= 0.3 is 11.9 Å². The lowest BCUT2D eigenvalue weighted by molar-refractivity contribution is -0.138. The molecule has 2 rings (SSSR count). The second kappa shape index (κ2) is 8.81. The molecule has 1 heterocycles. The number of hydrogen-bond acceptors (Lipinski definition) is 6. The van der Waals surface area contributed by atoms with E-state index in [4.69, 9.17) is 9.84 Å². The number of sulfonamides is 1. The first-order valence-corrected chi connectivity index (χ1v) is 10.2. The summed E-state index contributed by atoms with van der Waals surface area (Å²) >= 11 is 0. The fourth-order valence-corrected chi connectivity index (χ4v) is 5.18. The molecule has 1 aliphatic rings. The molecule has 27 heavy (non-hydrogen) atoms. The minimum absolute atomic E-state index is 0.0174. The summed E-state index contributed by atoms with van der Waals surface area (Å²) in [5, 5.41) is 8.95. The number of hydrogen-bond donors (Lipinski definition) is 1. The smallest absolute Gasteiger partial charge is 0.338 e. The van der Waals surface area contributed by atoms with Crippen LogP contribution in [0.2, 0.25) is 0 Å². The molecule has 1 N–H and O–H groups in total. The number of methoxy groups -OCH3 is 1. The van der Waals surface area contributed by atoms with Crippen LogP contribution in [0.25, 0.3) is 0 Å². The number of benzene rings is 1. The Balaban J connectivity index is 2.23. The molecule has 1 aliphatic heterocycles. The van der Waals surface area contributed by atoms with Crippen molar-refractivity contribution in [1.82, 2.24) is 9.21 Å². The topological polar surface area (TPSA) is 104 Å². The van der Waals surface area contributed by atoms with Crippen molar-refractivity contribution in [2.45, 2.75) is 37.1 Å². The summed E-state index contributed by atoms with van der Waals surface area (Å²) in [6, 6.07) is 4.59. The maximum atomic E-state index is 13.1. The van der Waals surface area contributed by atoms with Gasteiger partial charge in [-0.3, -0.25) is 9.69 Å². The van der Waals surface area contributed by atoms with E-state index in [9.17, 15) is 18.0 Å². The van der Waals surface area contributed by atoms with Gasteiger partial charge in [-0.2, -0.15) is 4.31 Å². The van der Waals surface area contributed by atoms with E-state index >= 15 is 0 Å². The Morgan fingerprint density at radius 2 is 2.00 bits per heavy atom. The van der Waals surface area contributed by atoms with Crippen LogP contribution in [0.1, 0.15) is 35.2 Å². The third-order valence-electron chi connectivity index (χ3n) is 4.97. The molecule has 1 aromatic rings. The second-order valence-corrected chi connectivity index (χ2v) is 8.62. The number of carboxylic acids is 1. The van der Waals surface area contributed by atoms with Gasteiger partial charge in [0, 0.05) is 19.1 Å². The zero-order chi connectivity index (χ0) is 20.2. The number of rotatable bonds is 6. The van der Waals surface area contributed by atoms with Crippen LogP contribution in [0.15, 0.2) is 23.1 Å². The number of nitrogens with zero attached hydrogens (tertiary/aromatic N) is 2. The lowest BCUT2D eigenvalue weighted by atomic mass is 10.1. The van der Waals surface area contributed by atoms with Gasteiger partial charge in [0.25, 0.3) is 0 Å². The zero-order valence-corrected chi connectivity index (χ0v) is 16.7. The Morgan fingerprint density at radius 3 is 2.63 bits per heavy atom. The summed E-state index contributed by atoms with van der Waals surface area (Å²) in [4.78, 5) is 24.6. The van der Waals surface area contributed by atoms with E-state index in [1.54, 1.807) is 24.9 Å². The van der Waals surface area contributed by atoms with Crippen molar-refractivity contribution in [2.75, 3.05) is 33.8 Å². The molecule has 0 saturated carbocycles. The van der Waals surface area contributed by atoms with Gasteiger partial charge in [-0.05, 0) is 50.9 Å². The molecule has 1 saturated heterocycles. The molecule has 1 aromatic carbocycles. The molecule has 150 valence electrons. The van der Waals surface area contributed by atoms with Crippen molar-refractivity contribution < 1.29 is 27.9 Å². The third kappa shape index (κ3) is 4.85. The third-order valence-corrected chi connectivity index (χ3v) is 7.01. The van der Waals surface area contributed by atoms with Gasteiger partial charge in [0.2, 0.25) is 10.0 Å². The predicted molar refractivity (Wildman–Crippen MR) is 99.2 cm³/mol. The van der Waals surface area contributed by atoms with Gasteiger partial charge < -0.3 is 9.84 Å². The molecule has 1 unspecified atom stereocenters. The molecule has 8 nitrogen and oxygen atoms in total. The lowest BCUT2D eigenvalue weighted by Crippen LogP contribution is -2.37. The molecule has 9 heteroatoms. The Hall–Kier alpha value is -1.97. The summed E-state index contributed by atoms with van der Waals surface area (Å²) < 4.78 is 32.4. The van der Waals surface area contributed by atoms with Crippen molar-refractivity contribution in [3.8, 4) is 0 Å². The van der Waals surface area contributed by atoms with E-state index in [-0.39, 0.29) is 23.0 Å². The highest BCUT2D eigenvalue weighted by Crippen LogP contribution is 2.26. The average molecular weight is 398 g/mol. The second-order valence-electron chi connectivity index (χ2n) is 6.72. The first-order chi connectivity index (χ1) is 12.7. The molecule has 0 spiro atoms. The number of aliphatic carboxylic acids is 1. The summed E-state index contributed by atoms with van der Waals surface area (Å²) in [5.41, 5.74) is 0.598. The monoisotopic (exact) mass is 398 g/mol. The van der Waals surface area contributed by atoms with Crippen molar-refractivity contribution in [3.05, 3.63) is 29.3 Å². The van der Waals surface area contributed by atoms with Gasteiger partial charge in [-0.1, -0.05) is 6.07 Å². The first kappa shape index (κ1) is 21.3. The maximum absolute atomic E-state index is 13.1. The van der Waals surface area contributed by atoms with Gasteiger partial charge in [-0.15, -0.1) is 0 Å². The highest BCUT2D eigenvalue weighted by Gasteiger charge is 2.31. The van der Waals surface area contributed by atoms with E-state index in [0.29, 0.717) is 31.5 Å². The Bertz CT molecular complexity index is 808. The minimum Gasteiger partial charge on any atom is -0.480 e. The number of ether oxygens (including phenoxy) is 1. The summed E-state index contributed by atoms with van der Waals surface area (Å²) in [7, 11) is -0.763. The van der Waals surface area contributed by atoms with Crippen LogP contribution in [0.5, 0.6) is 0 Å². The molecule has 0 amide bonds. The first-order valence-electron chi connectivity index (χ1n) is 8.78.